The Balaban J connectivity index is 2.64. The molecule has 0 bridgehead atoms. The van der Waals surface area contributed by atoms with Gasteiger partial charge in [-0.2, -0.15) is 0 Å². The lowest BCUT2D eigenvalue weighted by Crippen LogP contribution is -2.18. The Hall–Kier alpha value is -1.39. The number of aryl methyl sites for hydroxylation is 1. The van der Waals surface area contributed by atoms with Gasteiger partial charge in [0.05, 0.1) is 6.33 Å². The molecule has 1 rings (SSSR count). The molecule has 0 spiro atoms. The summed E-state index contributed by atoms with van der Waals surface area (Å²) in [5.41, 5.74) is 0.574. The molecule has 4 nitrogen and oxygen atoms in total. The standard InChI is InChI=1S/C7H9FN2O2/c1-10-4-9-3-5(10)2-6(8)7(11)12/h3-4,6H,2H2,1H3,(H,11,12). The van der Waals surface area contributed by atoms with Crippen LogP contribution in [0.3, 0.4) is 0 Å². The minimum absolute atomic E-state index is 0.133. The molecule has 0 saturated heterocycles. The highest BCUT2D eigenvalue weighted by molar-refractivity contribution is 5.72. The smallest absolute Gasteiger partial charge is 0.338 e. The highest BCUT2D eigenvalue weighted by Crippen LogP contribution is 2.04. The van der Waals surface area contributed by atoms with Crippen molar-refractivity contribution in [1.29, 1.82) is 0 Å². The summed E-state index contributed by atoms with van der Waals surface area (Å²) in [6.45, 7) is 0. The molecular weight excluding hydrogens is 163 g/mol. The summed E-state index contributed by atoms with van der Waals surface area (Å²) in [5, 5.41) is 8.27. The first-order valence-corrected chi connectivity index (χ1v) is 3.43. The Morgan fingerprint density at radius 3 is 3.00 bits per heavy atom. The van der Waals surface area contributed by atoms with Crippen LogP contribution in [0, 0.1) is 0 Å². The zero-order chi connectivity index (χ0) is 9.14. The first-order chi connectivity index (χ1) is 5.61. The number of rotatable bonds is 3. The van der Waals surface area contributed by atoms with Crippen LogP contribution in [0.15, 0.2) is 12.5 Å². The number of aromatic nitrogens is 2. The number of carbonyl (C=O) groups is 1. The number of imidazole rings is 1. The van der Waals surface area contributed by atoms with Crippen LogP contribution in [-0.4, -0.2) is 26.8 Å². The predicted molar refractivity (Wildman–Crippen MR) is 39.4 cm³/mol. The molecule has 1 unspecified atom stereocenters. The van der Waals surface area contributed by atoms with Crippen LogP contribution in [-0.2, 0) is 18.3 Å². The first-order valence-electron chi connectivity index (χ1n) is 3.43. The number of hydrogen-bond donors (Lipinski definition) is 1. The lowest BCUT2D eigenvalue weighted by molar-refractivity contribution is -0.142. The van der Waals surface area contributed by atoms with Gasteiger partial charge in [0.15, 0.2) is 0 Å². The molecule has 0 saturated carbocycles. The number of nitrogens with zero attached hydrogens (tertiary/aromatic N) is 2. The summed E-state index contributed by atoms with van der Waals surface area (Å²) in [4.78, 5) is 13.9. The second-order valence-corrected chi connectivity index (χ2v) is 2.51. The lowest BCUT2D eigenvalue weighted by Gasteiger charge is -2.02. The van der Waals surface area contributed by atoms with Gasteiger partial charge in [0.25, 0.3) is 0 Å². The van der Waals surface area contributed by atoms with Gasteiger partial charge < -0.3 is 9.67 Å². The normalized spacial score (nSPS) is 12.8. The van der Waals surface area contributed by atoms with Crippen molar-refractivity contribution in [2.75, 3.05) is 0 Å². The van der Waals surface area contributed by atoms with Crippen LogP contribution in [0.4, 0.5) is 4.39 Å². The van der Waals surface area contributed by atoms with E-state index in [0.717, 1.165) is 0 Å². The summed E-state index contributed by atoms with van der Waals surface area (Å²) in [6, 6.07) is 0. The fraction of sp³-hybridized carbons (Fsp3) is 0.429. The largest absolute Gasteiger partial charge is 0.479 e. The molecule has 66 valence electrons. The third kappa shape index (κ3) is 1.81. The molecule has 0 aliphatic heterocycles. The fourth-order valence-corrected chi connectivity index (χ4v) is 0.852. The van der Waals surface area contributed by atoms with Gasteiger partial charge in [-0.3, -0.25) is 0 Å². The van der Waals surface area contributed by atoms with Gasteiger partial charge >= 0.3 is 5.97 Å². The van der Waals surface area contributed by atoms with E-state index < -0.39 is 12.1 Å². The number of hydrogen-bond acceptors (Lipinski definition) is 2. The molecule has 1 aromatic heterocycles. The quantitative estimate of drug-likeness (QED) is 0.717. The Labute approximate surface area is 68.7 Å². The zero-order valence-electron chi connectivity index (χ0n) is 6.57. The van der Waals surface area contributed by atoms with E-state index >= 15 is 0 Å². The van der Waals surface area contributed by atoms with Gasteiger partial charge in [-0.1, -0.05) is 0 Å². The van der Waals surface area contributed by atoms with Crippen LogP contribution in [0.25, 0.3) is 0 Å². The summed E-state index contributed by atoms with van der Waals surface area (Å²) in [5.74, 6) is -1.43. The predicted octanol–water partition coefficient (Wildman–Crippen LogP) is 0.385. The molecule has 0 radical (unpaired) electrons. The molecule has 0 aliphatic rings. The maximum Gasteiger partial charge on any atom is 0.338 e. The monoisotopic (exact) mass is 172 g/mol. The molecule has 0 aliphatic carbocycles. The second-order valence-electron chi connectivity index (χ2n) is 2.51. The topological polar surface area (TPSA) is 55.1 Å². The third-order valence-electron chi connectivity index (χ3n) is 1.57. The van der Waals surface area contributed by atoms with E-state index in [1.807, 2.05) is 0 Å². The number of aliphatic carboxylic acids is 1. The summed E-state index contributed by atoms with van der Waals surface area (Å²) < 4.78 is 14.2. The van der Waals surface area contributed by atoms with Crippen molar-refractivity contribution in [2.45, 2.75) is 12.6 Å². The Morgan fingerprint density at radius 1 is 1.92 bits per heavy atom. The van der Waals surface area contributed by atoms with Gasteiger partial charge in [-0.25, -0.2) is 14.2 Å². The van der Waals surface area contributed by atoms with Gasteiger partial charge in [0, 0.05) is 25.4 Å². The third-order valence-corrected chi connectivity index (χ3v) is 1.57. The average molecular weight is 172 g/mol. The lowest BCUT2D eigenvalue weighted by atomic mass is 10.2. The molecule has 0 aromatic carbocycles. The zero-order valence-corrected chi connectivity index (χ0v) is 6.57. The van der Waals surface area contributed by atoms with E-state index in [4.69, 9.17) is 5.11 Å². The minimum atomic E-state index is -1.85. The fourth-order valence-electron chi connectivity index (χ4n) is 0.852. The number of carboxylic acids is 1. The van der Waals surface area contributed by atoms with E-state index in [-0.39, 0.29) is 6.42 Å². The SMILES string of the molecule is Cn1cncc1CC(F)C(=O)O. The molecule has 1 N–H and O–H groups in total. The van der Waals surface area contributed by atoms with Gasteiger partial charge in [-0.05, 0) is 0 Å². The first kappa shape index (κ1) is 8.70. The molecule has 1 heterocycles. The van der Waals surface area contributed by atoms with Crippen LogP contribution in [0.2, 0.25) is 0 Å². The van der Waals surface area contributed by atoms with E-state index in [1.54, 1.807) is 11.6 Å². The van der Waals surface area contributed by atoms with Crippen molar-refractivity contribution in [1.82, 2.24) is 9.55 Å². The van der Waals surface area contributed by atoms with E-state index in [0.29, 0.717) is 5.69 Å². The van der Waals surface area contributed by atoms with Crippen LogP contribution >= 0.6 is 0 Å². The molecule has 0 fully saturated rings. The van der Waals surface area contributed by atoms with Crippen molar-refractivity contribution >= 4 is 5.97 Å². The van der Waals surface area contributed by atoms with Crippen molar-refractivity contribution in [3.05, 3.63) is 18.2 Å². The molecule has 12 heavy (non-hydrogen) atoms. The highest BCUT2D eigenvalue weighted by atomic mass is 19.1. The molecule has 5 heteroatoms. The number of alkyl halides is 1. The molecule has 0 amide bonds. The maximum atomic E-state index is 12.6. The highest BCUT2D eigenvalue weighted by Gasteiger charge is 2.17. The van der Waals surface area contributed by atoms with Crippen molar-refractivity contribution in [3.63, 3.8) is 0 Å². The average Bonchev–Trinajstić information content (AvgIpc) is 2.36. The van der Waals surface area contributed by atoms with E-state index in [2.05, 4.69) is 4.98 Å². The van der Waals surface area contributed by atoms with E-state index in [9.17, 15) is 9.18 Å². The van der Waals surface area contributed by atoms with Gasteiger partial charge in [0.1, 0.15) is 0 Å². The summed E-state index contributed by atoms with van der Waals surface area (Å²) >= 11 is 0. The van der Waals surface area contributed by atoms with Gasteiger partial charge in [-0.15, -0.1) is 0 Å². The van der Waals surface area contributed by atoms with Crippen molar-refractivity contribution in [3.8, 4) is 0 Å². The Bertz CT molecular complexity index is 285. The Kier molecular flexibility index (Phi) is 2.42. The van der Waals surface area contributed by atoms with Crippen LogP contribution in [0.5, 0.6) is 0 Å². The van der Waals surface area contributed by atoms with Crippen molar-refractivity contribution in [2.24, 2.45) is 7.05 Å². The summed E-state index contributed by atoms with van der Waals surface area (Å²) in [7, 11) is 1.69. The van der Waals surface area contributed by atoms with Crippen molar-refractivity contribution < 1.29 is 14.3 Å². The summed E-state index contributed by atoms with van der Waals surface area (Å²) in [6.07, 6.45) is 0.978. The molecular formula is C7H9FN2O2. The number of carboxylic acid groups (broad SMARTS) is 1. The molecule has 1 atom stereocenters. The maximum absolute atomic E-state index is 12.6. The van der Waals surface area contributed by atoms with Crippen LogP contribution in [0.1, 0.15) is 5.69 Å². The number of halogens is 1. The van der Waals surface area contributed by atoms with E-state index in [1.165, 1.54) is 12.5 Å². The Morgan fingerprint density at radius 2 is 2.58 bits per heavy atom. The second kappa shape index (κ2) is 3.34. The van der Waals surface area contributed by atoms with Gasteiger partial charge in [0.2, 0.25) is 6.17 Å². The molecule has 1 aromatic rings. The van der Waals surface area contributed by atoms with Crippen LogP contribution < -0.4 is 0 Å². The minimum Gasteiger partial charge on any atom is -0.479 e.